The molecule has 4 aromatic rings. The molecule has 9 heteroatoms. The van der Waals surface area contributed by atoms with E-state index in [1.165, 1.54) is 31.0 Å². The Labute approximate surface area is 193 Å². The Balaban J connectivity index is 1.58. The lowest BCUT2D eigenvalue weighted by Crippen LogP contribution is -2.15. The van der Waals surface area contributed by atoms with Crippen LogP contribution in [0.25, 0.3) is 17.1 Å². The highest BCUT2D eigenvalue weighted by Crippen LogP contribution is 2.30. The van der Waals surface area contributed by atoms with Crippen LogP contribution in [0.1, 0.15) is 0 Å². The highest BCUT2D eigenvalue weighted by atomic mass is 35.5. The van der Waals surface area contributed by atoms with Crippen LogP contribution in [-0.4, -0.2) is 33.5 Å². The van der Waals surface area contributed by atoms with Gasteiger partial charge in [-0.05, 0) is 54.6 Å². The van der Waals surface area contributed by atoms with Crippen LogP contribution in [0.15, 0.2) is 78.0 Å². The van der Waals surface area contributed by atoms with Crippen molar-refractivity contribution < 1.29 is 13.9 Å². The number of carbonyl (C=O) groups excluding carboxylic acids is 1. The lowest BCUT2D eigenvalue weighted by molar-refractivity contribution is -0.113. The Morgan fingerprint density at radius 2 is 1.84 bits per heavy atom. The maximum Gasteiger partial charge on any atom is 0.234 e. The highest BCUT2D eigenvalue weighted by Gasteiger charge is 2.18. The SMILES string of the molecule is COc1ccc(Cl)cc1NC(=O)CSc1nnc(-c2ccc(F)cc2)n1-c1ccccc1. The Hall–Kier alpha value is -3.36. The molecule has 0 aliphatic rings. The van der Waals surface area contributed by atoms with Crippen LogP contribution >= 0.6 is 23.4 Å². The summed E-state index contributed by atoms with van der Waals surface area (Å²) in [5.41, 5.74) is 2.03. The van der Waals surface area contributed by atoms with Crippen molar-refractivity contribution in [1.82, 2.24) is 14.8 Å². The zero-order valence-corrected chi connectivity index (χ0v) is 18.5. The molecule has 1 aromatic heterocycles. The average molecular weight is 469 g/mol. The maximum atomic E-state index is 13.4. The summed E-state index contributed by atoms with van der Waals surface area (Å²) in [5, 5.41) is 12.4. The minimum Gasteiger partial charge on any atom is -0.495 e. The number of nitrogens with one attached hydrogen (secondary N) is 1. The van der Waals surface area contributed by atoms with Gasteiger partial charge in [-0.25, -0.2) is 4.39 Å². The van der Waals surface area contributed by atoms with E-state index in [0.29, 0.717) is 33.0 Å². The van der Waals surface area contributed by atoms with Crippen LogP contribution < -0.4 is 10.1 Å². The van der Waals surface area contributed by atoms with Crippen LogP contribution in [0.2, 0.25) is 5.02 Å². The number of hydrogen-bond acceptors (Lipinski definition) is 5. The number of carbonyl (C=O) groups is 1. The van der Waals surface area contributed by atoms with Gasteiger partial charge in [0.25, 0.3) is 0 Å². The summed E-state index contributed by atoms with van der Waals surface area (Å²) in [6.07, 6.45) is 0. The number of thioether (sulfide) groups is 1. The number of ether oxygens (including phenoxy) is 1. The molecule has 0 aliphatic heterocycles. The number of nitrogens with zero attached hydrogens (tertiary/aromatic N) is 3. The van der Waals surface area contributed by atoms with Gasteiger partial charge in [-0.1, -0.05) is 41.6 Å². The van der Waals surface area contributed by atoms with Gasteiger partial charge in [0.15, 0.2) is 11.0 Å². The number of amides is 1. The average Bonchev–Trinajstić information content (AvgIpc) is 3.23. The summed E-state index contributed by atoms with van der Waals surface area (Å²) in [5.74, 6) is 0.572. The van der Waals surface area contributed by atoms with Crippen molar-refractivity contribution in [2.24, 2.45) is 0 Å². The third-order valence-corrected chi connectivity index (χ3v) is 5.68. The molecule has 32 heavy (non-hydrogen) atoms. The standard InChI is InChI=1S/C23H18ClFN4O2S/c1-31-20-12-9-16(24)13-19(20)26-21(30)14-32-23-28-27-22(15-7-10-17(25)11-8-15)29(23)18-5-3-2-4-6-18/h2-13H,14H2,1H3,(H,26,30). The summed E-state index contributed by atoms with van der Waals surface area (Å²) in [6.45, 7) is 0. The van der Waals surface area contributed by atoms with E-state index in [0.717, 1.165) is 5.69 Å². The predicted molar refractivity (Wildman–Crippen MR) is 124 cm³/mol. The number of para-hydroxylation sites is 1. The maximum absolute atomic E-state index is 13.4. The minimum absolute atomic E-state index is 0.0874. The van der Waals surface area contributed by atoms with Crippen molar-refractivity contribution in [2.45, 2.75) is 5.16 Å². The second-order valence-electron chi connectivity index (χ2n) is 6.67. The van der Waals surface area contributed by atoms with Gasteiger partial charge in [0.2, 0.25) is 5.91 Å². The number of rotatable bonds is 7. The first kappa shape index (κ1) is 21.9. The van der Waals surface area contributed by atoms with Crippen LogP contribution in [0.5, 0.6) is 5.75 Å². The molecule has 0 aliphatic carbocycles. The molecule has 0 fully saturated rings. The molecule has 0 spiro atoms. The van der Waals surface area contributed by atoms with Gasteiger partial charge in [-0.2, -0.15) is 0 Å². The molecule has 1 amide bonds. The molecule has 1 N–H and O–H groups in total. The molecule has 0 saturated carbocycles. The van der Waals surface area contributed by atoms with E-state index in [9.17, 15) is 9.18 Å². The van der Waals surface area contributed by atoms with Gasteiger partial charge >= 0.3 is 0 Å². The van der Waals surface area contributed by atoms with E-state index in [1.807, 2.05) is 34.9 Å². The lowest BCUT2D eigenvalue weighted by atomic mass is 10.2. The van der Waals surface area contributed by atoms with Gasteiger partial charge in [0, 0.05) is 16.3 Å². The van der Waals surface area contributed by atoms with Gasteiger partial charge < -0.3 is 10.1 Å². The van der Waals surface area contributed by atoms with E-state index in [4.69, 9.17) is 16.3 Å². The molecular weight excluding hydrogens is 451 g/mol. The van der Waals surface area contributed by atoms with Crippen LogP contribution in [-0.2, 0) is 4.79 Å². The number of benzene rings is 3. The number of hydrogen-bond donors (Lipinski definition) is 1. The molecule has 1 heterocycles. The molecule has 0 atom stereocenters. The third-order valence-electron chi connectivity index (χ3n) is 4.52. The first-order valence-electron chi connectivity index (χ1n) is 9.58. The molecule has 0 unspecified atom stereocenters. The van der Waals surface area contributed by atoms with Crippen molar-refractivity contribution >= 4 is 35.0 Å². The summed E-state index contributed by atoms with van der Waals surface area (Å²) in [4.78, 5) is 12.6. The molecule has 0 radical (unpaired) electrons. The largest absolute Gasteiger partial charge is 0.495 e. The van der Waals surface area contributed by atoms with Gasteiger partial charge in [-0.3, -0.25) is 9.36 Å². The fraction of sp³-hybridized carbons (Fsp3) is 0.0870. The normalized spacial score (nSPS) is 10.7. The number of methoxy groups -OCH3 is 1. The van der Waals surface area contributed by atoms with Crippen molar-refractivity contribution in [2.75, 3.05) is 18.2 Å². The van der Waals surface area contributed by atoms with E-state index in [2.05, 4.69) is 15.5 Å². The quantitative estimate of drug-likeness (QED) is 0.364. The van der Waals surface area contributed by atoms with Gasteiger partial charge in [0.1, 0.15) is 11.6 Å². The Bertz CT molecular complexity index is 1230. The molecular formula is C23H18ClFN4O2S. The molecule has 6 nitrogen and oxygen atoms in total. The zero-order chi connectivity index (χ0) is 22.5. The van der Waals surface area contributed by atoms with Crippen LogP contribution in [0.4, 0.5) is 10.1 Å². The Morgan fingerprint density at radius 1 is 1.09 bits per heavy atom. The fourth-order valence-corrected chi connectivity index (χ4v) is 3.98. The topological polar surface area (TPSA) is 69.0 Å². The molecule has 4 rings (SSSR count). The summed E-state index contributed by atoms with van der Waals surface area (Å²) in [6, 6.07) is 20.6. The second-order valence-corrected chi connectivity index (χ2v) is 8.04. The number of anilines is 1. The lowest BCUT2D eigenvalue weighted by Gasteiger charge is -2.12. The number of halogens is 2. The van der Waals surface area contributed by atoms with E-state index >= 15 is 0 Å². The van der Waals surface area contributed by atoms with Crippen LogP contribution in [0, 0.1) is 5.82 Å². The molecule has 162 valence electrons. The number of aromatic nitrogens is 3. The van der Waals surface area contributed by atoms with E-state index in [1.54, 1.807) is 30.3 Å². The smallest absolute Gasteiger partial charge is 0.234 e. The van der Waals surface area contributed by atoms with E-state index < -0.39 is 0 Å². The van der Waals surface area contributed by atoms with Crippen molar-refractivity contribution in [1.29, 1.82) is 0 Å². The molecule has 3 aromatic carbocycles. The van der Waals surface area contributed by atoms with Crippen molar-refractivity contribution in [3.63, 3.8) is 0 Å². The predicted octanol–water partition coefficient (Wildman–Crippen LogP) is 5.47. The highest BCUT2D eigenvalue weighted by molar-refractivity contribution is 7.99. The van der Waals surface area contributed by atoms with Gasteiger partial charge in [0.05, 0.1) is 18.6 Å². The molecule has 0 bridgehead atoms. The summed E-state index contributed by atoms with van der Waals surface area (Å²) < 4.78 is 20.5. The zero-order valence-electron chi connectivity index (χ0n) is 17.0. The van der Waals surface area contributed by atoms with Gasteiger partial charge in [-0.15, -0.1) is 10.2 Å². The summed E-state index contributed by atoms with van der Waals surface area (Å²) >= 11 is 7.27. The third kappa shape index (κ3) is 4.92. The molecule has 0 saturated heterocycles. The minimum atomic E-state index is -0.331. The fourth-order valence-electron chi connectivity index (χ4n) is 3.05. The van der Waals surface area contributed by atoms with Crippen LogP contribution in [0.3, 0.4) is 0 Å². The monoisotopic (exact) mass is 468 g/mol. The van der Waals surface area contributed by atoms with Crippen molar-refractivity contribution in [3.05, 3.63) is 83.6 Å². The first-order chi connectivity index (χ1) is 15.5. The second kappa shape index (κ2) is 9.84. The Morgan fingerprint density at radius 3 is 2.56 bits per heavy atom. The van der Waals surface area contributed by atoms with E-state index in [-0.39, 0.29) is 17.5 Å². The Kier molecular flexibility index (Phi) is 6.72. The summed E-state index contributed by atoms with van der Waals surface area (Å²) in [7, 11) is 1.52. The first-order valence-corrected chi connectivity index (χ1v) is 10.9. The van der Waals surface area contributed by atoms with Crippen molar-refractivity contribution in [3.8, 4) is 22.8 Å².